The first-order valence-corrected chi connectivity index (χ1v) is 5.49. The van der Waals surface area contributed by atoms with E-state index in [1.807, 2.05) is 30.3 Å². The zero-order valence-electron chi connectivity index (χ0n) is 7.60. The predicted molar refractivity (Wildman–Crippen MR) is 65.1 cm³/mol. The molecule has 0 atom stereocenters. The molecule has 0 aliphatic rings. The van der Waals surface area contributed by atoms with Crippen molar-refractivity contribution < 1.29 is 4.74 Å². The first-order chi connectivity index (χ1) is 6.83. The van der Waals surface area contributed by atoms with Crippen molar-refractivity contribution in [2.45, 2.75) is 6.61 Å². The van der Waals surface area contributed by atoms with Gasteiger partial charge in [-0.15, -0.1) is 6.42 Å². The summed E-state index contributed by atoms with van der Waals surface area (Å²) in [4.78, 5) is 0. The highest BCUT2D eigenvalue weighted by Crippen LogP contribution is 2.08. The quantitative estimate of drug-likeness (QED) is 0.575. The van der Waals surface area contributed by atoms with Crippen LogP contribution in [-0.4, -0.2) is 10.1 Å². The second-order valence-corrected chi connectivity index (χ2v) is 4.09. The lowest BCUT2D eigenvalue weighted by Crippen LogP contribution is -1.97. The van der Waals surface area contributed by atoms with Crippen molar-refractivity contribution in [3.63, 3.8) is 0 Å². The van der Waals surface area contributed by atoms with Gasteiger partial charge in [0.1, 0.15) is 6.61 Å². The Hall–Kier alpha value is -0.980. The third kappa shape index (κ3) is 4.31. The summed E-state index contributed by atoms with van der Waals surface area (Å²) in [7, 11) is 0. The van der Waals surface area contributed by atoms with Crippen molar-refractivity contribution in [3.05, 3.63) is 35.9 Å². The van der Waals surface area contributed by atoms with Crippen LogP contribution < -0.4 is 0 Å². The first kappa shape index (κ1) is 11.1. The number of thiocarbonyl (C=S) groups is 1. The molecular weight excluding hydrogens is 212 g/mol. The van der Waals surface area contributed by atoms with Crippen LogP contribution in [0.1, 0.15) is 5.56 Å². The molecule has 0 N–H and O–H groups in total. The summed E-state index contributed by atoms with van der Waals surface area (Å²) in [5, 5.41) is 0. The maximum absolute atomic E-state index is 5.33. The molecular formula is C11H10OS2. The van der Waals surface area contributed by atoms with Gasteiger partial charge in [0.15, 0.2) is 0 Å². The van der Waals surface area contributed by atoms with Gasteiger partial charge in [-0.3, -0.25) is 0 Å². The monoisotopic (exact) mass is 222 g/mol. The van der Waals surface area contributed by atoms with E-state index in [1.165, 1.54) is 11.8 Å². The Balaban J connectivity index is 2.28. The third-order valence-corrected chi connectivity index (χ3v) is 2.61. The Morgan fingerprint density at radius 1 is 1.43 bits per heavy atom. The van der Waals surface area contributed by atoms with Gasteiger partial charge in [-0.25, -0.2) is 0 Å². The van der Waals surface area contributed by atoms with Gasteiger partial charge in [0.05, 0.1) is 5.75 Å². The Labute approximate surface area is 93.9 Å². The summed E-state index contributed by atoms with van der Waals surface area (Å²) >= 11 is 6.33. The predicted octanol–water partition coefficient (Wildman–Crippen LogP) is 2.85. The van der Waals surface area contributed by atoms with E-state index >= 15 is 0 Å². The van der Waals surface area contributed by atoms with Crippen LogP contribution in [0.2, 0.25) is 0 Å². The average Bonchev–Trinajstić information content (AvgIpc) is 2.25. The Bertz CT molecular complexity index is 327. The van der Waals surface area contributed by atoms with E-state index in [2.05, 4.69) is 5.92 Å². The molecule has 0 aromatic heterocycles. The van der Waals surface area contributed by atoms with E-state index in [0.29, 0.717) is 16.7 Å². The fraction of sp³-hybridized carbons (Fsp3) is 0.182. The molecule has 0 saturated carbocycles. The normalized spacial score (nSPS) is 9.07. The van der Waals surface area contributed by atoms with Gasteiger partial charge in [0.25, 0.3) is 0 Å². The number of rotatable bonds is 3. The van der Waals surface area contributed by atoms with Crippen molar-refractivity contribution in [2.24, 2.45) is 0 Å². The molecule has 0 heterocycles. The molecule has 72 valence electrons. The van der Waals surface area contributed by atoms with Crippen molar-refractivity contribution >= 4 is 28.4 Å². The lowest BCUT2D eigenvalue weighted by molar-refractivity contribution is 0.310. The zero-order chi connectivity index (χ0) is 10.2. The van der Waals surface area contributed by atoms with Gasteiger partial charge in [-0.1, -0.05) is 48.0 Å². The summed E-state index contributed by atoms with van der Waals surface area (Å²) in [6.45, 7) is 0.511. The molecule has 1 aromatic rings. The maximum atomic E-state index is 5.33. The molecule has 1 rings (SSSR count). The van der Waals surface area contributed by atoms with Crippen LogP contribution in [-0.2, 0) is 11.3 Å². The Morgan fingerprint density at radius 3 is 2.79 bits per heavy atom. The number of ether oxygens (including phenoxy) is 1. The molecule has 0 aliphatic heterocycles. The summed E-state index contributed by atoms with van der Waals surface area (Å²) in [6, 6.07) is 9.89. The van der Waals surface area contributed by atoms with E-state index < -0.39 is 0 Å². The number of hydrogen-bond acceptors (Lipinski definition) is 3. The van der Waals surface area contributed by atoms with Crippen molar-refractivity contribution in [3.8, 4) is 12.3 Å². The summed E-state index contributed by atoms with van der Waals surface area (Å²) in [5.41, 5.74) is 1.11. The molecule has 1 aromatic carbocycles. The molecule has 3 heteroatoms. The SMILES string of the molecule is C#CCSC(=S)OCc1ccccc1. The zero-order valence-corrected chi connectivity index (χ0v) is 9.24. The van der Waals surface area contributed by atoms with Gasteiger partial charge in [0.2, 0.25) is 4.38 Å². The molecule has 0 fully saturated rings. The largest absolute Gasteiger partial charge is 0.474 e. The van der Waals surface area contributed by atoms with Gasteiger partial charge in [0, 0.05) is 0 Å². The topological polar surface area (TPSA) is 9.23 Å². The molecule has 0 bridgehead atoms. The van der Waals surface area contributed by atoms with E-state index in [-0.39, 0.29) is 0 Å². The van der Waals surface area contributed by atoms with Crippen molar-refractivity contribution in [1.82, 2.24) is 0 Å². The molecule has 14 heavy (non-hydrogen) atoms. The van der Waals surface area contributed by atoms with Crippen LogP contribution in [0.15, 0.2) is 30.3 Å². The third-order valence-electron chi connectivity index (χ3n) is 1.47. The Morgan fingerprint density at radius 2 is 2.14 bits per heavy atom. The Kier molecular flexibility index (Phi) is 5.13. The van der Waals surface area contributed by atoms with Crippen molar-refractivity contribution in [1.29, 1.82) is 0 Å². The molecule has 0 radical (unpaired) electrons. The van der Waals surface area contributed by atoms with E-state index in [0.717, 1.165) is 5.56 Å². The minimum atomic E-state index is 0.506. The summed E-state index contributed by atoms with van der Waals surface area (Å²) in [6.07, 6.45) is 5.10. The average molecular weight is 222 g/mol. The molecule has 0 saturated heterocycles. The van der Waals surface area contributed by atoms with E-state index in [4.69, 9.17) is 23.4 Å². The minimum absolute atomic E-state index is 0.506. The highest BCUT2D eigenvalue weighted by molar-refractivity contribution is 8.22. The number of hydrogen-bond donors (Lipinski definition) is 0. The van der Waals surface area contributed by atoms with Gasteiger partial charge in [-0.05, 0) is 17.8 Å². The van der Waals surface area contributed by atoms with Crippen LogP contribution in [0.25, 0.3) is 0 Å². The van der Waals surface area contributed by atoms with E-state index in [1.54, 1.807) is 0 Å². The first-order valence-electron chi connectivity index (χ1n) is 4.10. The van der Waals surface area contributed by atoms with Crippen LogP contribution in [0.4, 0.5) is 0 Å². The molecule has 0 spiro atoms. The van der Waals surface area contributed by atoms with Gasteiger partial charge >= 0.3 is 0 Å². The van der Waals surface area contributed by atoms with Gasteiger partial charge in [-0.2, -0.15) is 0 Å². The molecule has 1 nitrogen and oxygen atoms in total. The minimum Gasteiger partial charge on any atom is -0.474 e. The lowest BCUT2D eigenvalue weighted by atomic mass is 10.2. The lowest BCUT2D eigenvalue weighted by Gasteiger charge is -2.04. The van der Waals surface area contributed by atoms with Crippen LogP contribution >= 0.6 is 24.0 Å². The second kappa shape index (κ2) is 6.47. The van der Waals surface area contributed by atoms with Crippen LogP contribution in [0.5, 0.6) is 0 Å². The molecule has 0 aliphatic carbocycles. The number of thioether (sulfide) groups is 1. The van der Waals surface area contributed by atoms with Crippen LogP contribution in [0.3, 0.4) is 0 Å². The second-order valence-electron chi connectivity index (χ2n) is 2.52. The molecule has 0 amide bonds. The van der Waals surface area contributed by atoms with Crippen molar-refractivity contribution in [2.75, 3.05) is 5.75 Å². The number of benzene rings is 1. The summed E-state index contributed by atoms with van der Waals surface area (Å²) in [5.74, 6) is 3.06. The maximum Gasteiger partial charge on any atom is 0.221 e. The van der Waals surface area contributed by atoms with Crippen LogP contribution in [0, 0.1) is 12.3 Å². The highest BCUT2D eigenvalue weighted by Gasteiger charge is 1.97. The standard InChI is InChI=1S/C11H10OS2/c1-2-8-14-11(13)12-9-10-6-4-3-5-7-10/h1,3-7H,8-9H2. The fourth-order valence-corrected chi connectivity index (χ4v) is 1.44. The van der Waals surface area contributed by atoms with Gasteiger partial charge < -0.3 is 4.74 Å². The smallest absolute Gasteiger partial charge is 0.221 e. The highest BCUT2D eigenvalue weighted by atomic mass is 32.2. The summed E-state index contributed by atoms with van der Waals surface area (Å²) < 4.78 is 5.84. The fourth-order valence-electron chi connectivity index (χ4n) is 0.859. The molecule has 0 unspecified atom stereocenters. The van der Waals surface area contributed by atoms with E-state index in [9.17, 15) is 0 Å². The number of terminal acetylenes is 1.